The molecule has 1 N–H and O–H groups in total. The Morgan fingerprint density at radius 1 is 1.28 bits per heavy atom. The SMILES string of the molecule is O=C(CN1CCOc2ccccc2C1)N1CCC[C@H](c2ccn[nH]2)C1. The molecule has 25 heavy (non-hydrogen) atoms. The minimum atomic E-state index is 0.212. The highest BCUT2D eigenvalue weighted by Crippen LogP contribution is 2.26. The number of nitrogens with one attached hydrogen (secondary N) is 1. The Bertz CT molecular complexity index is 716. The van der Waals surface area contributed by atoms with Crippen LogP contribution in [-0.2, 0) is 11.3 Å². The van der Waals surface area contributed by atoms with E-state index in [1.54, 1.807) is 6.20 Å². The van der Waals surface area contributed by atoms with Gasteiger partial charge in [-0.15, -0.1) is 0 Å². The monoisotopic (exact) mass is 340 g/mol. The second kappa shape index (κ2) is 7.27. The van der Waals surface area contributed by atoms with Crippen LogP contribution in [0.15, 0.2) is 36.5 Å². The fraction of sp³-hybridized carbons (Fsp3) is 0.474. The molecular formula is C19H24N4O2. The number of carbonyl (C=O) groups is 1. The Morgan fingerprint density at radius 3 is 3.08 bits per heavy atom. The molecule has 1 amide bonds. The zero-order valence-corrected chi connectivity index (χ0v) is 14.4. The molecule has 0 aliphatic carbocycles. The van der Waals surface area contributed by atoms with E-state index in [4.69, 9.17) is 4.74 Å². The number of hydrogen-bond acceptors (Lipinski definition) is 4. The largest absolute Gasteiger partial charge is 0.492 e. The van der Waals surface area contributed by atoms with Gasteiger partial charge in [-0.2, -0.15) is 5.10 Å². The van der Waals surface area contributed by atoms with E-state index in [2.05, 4.69) is 21.2 Å². The van der Waals surface area contributed by atoms with Crippen molar-refractivity contribution in [3.05, 3.63) is 47.8 Å². The number of fused-ring (bicyclic) bond motifs is 1. The minimum Gasteiger partial charge on any atom is -0.492 e. The quantitative estimate of drug-likeness (QED) is 0.928. The maximum absolute atomic E-state index is 12.8. The second-order valence-electron chi connectivity index (χ2n) is 6.86. The third-order valence-electron chi connectivity index (χ3n) is 5.13. The lowest BCUT2D eigenvalue weighted by Gasteiger charge is -2.33. The first-order chi connectivity index (χ1) is 12.3. The van der Waals surface area contributed by atoms with Gasteiger partial charge in [-0.1, -0.05) is 18.2 Å². The maximum atomic E-state index is 12.8. The fourth-order valence-corrected chi connectivity index (χ4v) is 3.76. The number of carbonyl (C=O) groups excluding carboxylic acids is 1. The molecule has 1 fully saturated rings. The van der Waals surface area contributed by atoms with Crippen molar-refractivity contribution in [2.45, 2.75) is 25.3 Å². The summed E-state index contributed by atoms with van der Waals surface area (Å²) in [5.74, 6) is 1.52. The van der Waals surface area contributed by atoms with Crippen molar-refractivity contribution >= 4 is 5.91 Å². The highest BCUT2D eigenvalue weighted by Gasteiger charge is 2.27. The zero-order valence-electron chi connectivity index (χ0n) is 14.4. The minimum absolute atomic E-state index is 0.212. The van der Waals surface area contributed by atoms with Crippen LogP contribution in [0, 0.1) is 0 Å². The van der Waals surface area contributed by atoms with Gasteiger partial charge in [-0.3, -0.25) is 14.8 Å². The number of amides is 1. The van der Waals surface area contributed by atoms with Gasteiger partial charge in [0.15, 0.2) is 0 Å². The summed E-state index contributed by atoms with van der Waals surface area (Å²) in [6.45, 7) is 4.25. The molecule has 6 nitrogen and oxygen atoms in total. The number of H-pyrrole nitrogens is 1. The molecule has 0 unspecified atom stereocenters. The summed E-state index contributed by atoms with van der Waals surface area (Å²) in [5, 5.41) is 7.09. The van der Waals surface area contributed by atoms with Crippen LogP contribution in [0.5, 0.6) is 5.75 Å². The second-order valence-corrected chi connectivity index (χ2v) is 6.86. The molecule has 2 aliphatic rings. The van der Waals surface area contributed by atoms with Crippen molar-refractivity contribution in [2.24, 2.45) is 0 Å². The highest BCUT2D eigenvalue weighted by atomic mass is 16.5. The molecule has 6 heteroatoms. The van der Waals surface area contributed by atoms with Crippen LogP contribution in [0.2, 0.25) is 0 Å². The third-order valence-corrected chi connectivity index (χ3v) is 5.13. The van der Waals surface area contributed by atoms with Crippen molar-refractivity contribution in [2.75, 3.05) is 32.8 Å². The summed E-state index contributed by atoms with van der Waals surface area (Å²) in [4.78, 5) is 17.0. The first kappa shape index (κ1) is 16.1. The molecule has 1 aromatic heterocycles. The van der Waals surface area contributed by atoms with E-state index in [1.165, 1.54) is 0 Å². The standard InChI is InChI=1S/C19H24N4O2/c24-19(23-9-3-5-15(13-23)17-7-8-20-21-17)14-22-10-11-25-18-6-2-1-4-16(18)12-22/h1-2,4,6-8,15H,3,5,9-14H2,(H,20,21)/t15-/m0/s1. The van der Waals surface area contributed by atoms with Gasteiger partial charge < -0.3 is 9.64 Å². The number of aromatic amines is 1. The summed E-state index contributed by atoms with van der Waals surface area (Å²) in [6, 6.07) is 10.1. The van der Waals surface area contributed by atoms with Gasteiger partial charge in [0.1, 0.15) is 12.4 Å². The molecule has 0 radical (unpaired) electrons. The predicted octanol–water partition coefficient (Wildman–Crippen LogP) is 2.01. The lowest BCUT2D eigenvalue weighted by Crippen LogP contribution is -2.45. The molecule has 2 aromatic rings. The Labute approximate surface area is 147 Å². The van der Waals surface area contributed by atoms with Crippen molar-refractivity contribution < 1.29 is 9.53 Å². The smallest absolute Gasteiger partial charge is 0.236 e. The number of nitrogens with zero attached hydrogens (tertiary/aromatic N) is 3. The summed E-state index contributed by atoms with van der Waals surface area (Å²) >= 11 is 0. The van der Waals surface area contributed by atoms with Crippen molar-refractivity contribution in [1.82, 2.24) is 20.0 Å². The molecule has 1 saturated heterocycles. The van der Waals surface area contributed by atoms with Gasteiger partial charge in [-0.25, -0.2) is 0 Å². The summed E-state index contributed by atoms with van der Waals surface area (Å²) < 4.78 is 5.79. The van der Waals surface area contributed by atoms with Crippen LogP contribution in [0.3, 0.4) is 0 Å². The molecular weight excluding hydrogens is 316 g/mol. The number of rotatable bonds is 3. The molecule has 132 valence electrons. The van der Waals surface area contributed by atoms with Gasteiger partial charge in [0.05, 0.1) is 6.54 Å². The molecule has 0 saturated carbocycles. The van der Waals surface area contributed by atoms with E-state index in [-0.39, 0.29) is 5.91 Å². The third kappa shape index (κ3) is 3.69. The number of hydrogen-bond donors (Lipinski definition) is 1. The number of likely N-dealkylation sites (tertiary alicyclic amines) is 1. The maximum Gasteiger partial charge on any atom is 0.236 e. The first-order valence-electron chi connectivity index (χ1n) is 9.00. The number of benzene rings is 1. The lowest BCUT2D eigenvalue weighted by molar-refractivity contribution is -0.133. The number of aromatic nitrogens is 2. The molecule has 1 aromatic carbocycles. The molecule has 1 atom stereocenters. The van der Waals surface area contributed by atoms with E-state index in [0.717, 1.165) is 56.0 Å². The van der Waals surface area contributed by atoms with E-state index >= 15 is 0 Å². The molecule has 2 aliphatic heterocycles. The predicted molar refractivity (Wildman–Crippen MR) is 94.4 cm³/mol. The van der Waals surface area contributed by atoms with Gasteiger partial charge in [0.2, 0.25) is 5.91 Å². The van der Waals surface area contributed by atoms with Crippen molar-refractivity contribution in [3.8, 4) is 5.75 Å². The molecule has 0 bridgehead atoms. The number of ether oxygens (including phenoxy) is 1. The Morgan fingerprint density at radius 2 is 2.20 bits per heavy atom. The van der Waals surface area contributed by atoms with Gasteiger partial charge in [0, 0.05) is 49.6 Å². The number of para-hydroxylation sites is 1. The fourth-order valence-electron chi connectivity index (χ4n) is 3.76. The normalized spacial score (nSPS) is 21.3. The van der Waals surface area contributed by atoms with Crippen LogP contribution in [0.1, 0.15) is 30.0 Å². The zero-order chi connectivity index (χ0) is 17.1. The van der Waals surface area contributed by atoms with E-state index < -0.39 is 0 Å². The van der Waals surface area contributed by atoms with Crippen molar-refractivity contribution in [1.29, 1.82) is 0 Å². The Kier molecular flexibility index (Phi) is 4.70. The Balaban J connectivity index is 1.38. The van der Waals surface area contributed by atoms with Gasteiger partial charge >= 0.3 is 0 Å². The topological polar surface area (TPSA) is 61.5 Å². The summed E-state index contributed by atoms with van der Waals surface area (Å²) in [6.07, 6.45) is 3.93. The van der Waals surface area contributed by atoms with Gasteiger partial charge in [0.25, 0.3) is 0 Å². The first-order valence-corrected chi connectivity index (χ1v) is 9.00. The highest BCUT2D eigenvalue weighted by molar-refractivity contribution is 5.78. The lowest BCUT2D eigenvalue weighted by atomic mass is 9.95. The van der Waals surface area contributed by atoms with Crippen molar-refractivity contribution in [3.63, 3.8) is 0 Å². The molecule has 3 heterocycles. The Hall–Kier alpha value is -2.34. The average molecular weight is 340 g/mol. The van der Waals surface area contributed by atoms with Crippen LogP contribution in [0.25, 0.3) is 0 Å². The summed E-state index contributed by atoms with van der Waals surface area (Å²) in [5.41, 5.74) is 2.29. The van der Waals surface area contributed by atoms with E-state index in [1.807, 2.05) is 29.2 Å². The van der Waals surface area contributed by atoms with Crippen LogP contribution in [0.4, 0.5) is 0 Å². The number of piperidine rings is 1. The van der Waals surface area contributed by atoms with Gasteiger partial charge in [-0.05, 0) is 25.0 Å². The van der Waals surface area contributed by atoms with E-state index in [9.17, 15) is 4.79 Å². The van der Waals surface area contributed by atoms with Crippen LogP contribution in [-0.4, -0.2) is 58.7 Å². The van der Waals surface area contributed by atoms with Crippen LogP contribution >= 0.6 is 0 Å². The summed E-state index contributed by atoms with van der Waals surface area (Å²) in [7, 11) is 0. The average Bonchev–Trinajstić information content (AvgIpc) is 3.10. The molecule has 0 spiro atoms. The van der Waals surface area contributed by atoms with Crippen LogP contribution < -0.4 is 4.74 Å². The van der Waals surface area contributed by atoms with E-state index in [0.29, 0.717) is 19.1 Å². The molecule has 4 rings (SSSR count).